The number of amides is 1. The molecule has 1 unspecified atom stereocenters. The maximum absolute atomic E-state index is 13.5. The van der Waals surface area contributed by atoms with Crippen molar-refractivity contribution in [2.24, 2.45) is 0 Å². The first kappa shape index (κ1) is 15.6. The summed E-state index contributed by atoms with van der Waals surface area (Å²) in [6, 6.07) is 3.28. The number of anilines is 1. The third kappa shape index (κ3) is 3.47. The van der Waals surface area contributed by atoms with Gasteiger partial charge in [-0.15, -0.1) is 0 Å². The van der Waals surface area contributed by atoms with E-state index in [4.69, 9.17) is 10.5 Å². The second-order valence-corrected chi connectivity index (χ2v) is 5.73. The van der Waals surface area contributed by atoms with Gasteiger partial charge in [0.15, 0.2) is 0 Å². The zero-order valence-electron chi connectivity index (χ0n) is 11.7. The topological polar surface area (TPSA) is 72.6 Å². The Morgan fingerprint density at radius 2 is 2.29 bits per heavy atom. The molecule has 1 saturated heterocycles. The molecule has 0 bridgehead atoms. The van der Waals surface area contributed by atoms with Gasteiger partial charge in [-0.3, -0.25) is 4.79 Å². The summed E-state index contributed by atoms with van der Waals surface area (Å²) < 4.78 is 18.5. The van der Waals surface area contributed by atoms with Crippen LogP contribution in [0.1, 0.15) is 17.3 Å². The van der Waals surface area contributed by atoms with E-state index in [-0.39, 0.29) is 23.8 Å². The van der Waals surface area contributed by atoms with Gasteiger partial charge in [-0.1, -0.05) is 0 Å². The van der Waals surface area contributed by atoms with E-state index in [1.807, 2.05) is 0 Å². The third-order valence-electron chi connectivity index (χ3n) is 3.20. The Kier molecular flexibility index (Phi) is 5.06. The summed E-state index contributed by atoms with van der Waals surface area (Å²) >= 11 is 1.59. The van der Waals surface area contributed by atoms with E-state index in [1.54, 1.807) is 18.7 Å². The number of carbonyl (C=O) groups excluding carboxylic acids is 2. The van der Waals surface area contributed by atoms with Crippen LogP contribution in [0, 0.1) is 5.82 Å². The van der Waals surface area contributed by atoms with Gasteiger partial charge >= 0.3 is 5.97 Å². The van der Waals surface area contributed by atoms with Gasteiger partial charge in [0.2, 0.25) is 0 Å². The van der Waals surface area contributed by atoms with Crippen molar-refractivity contribution in [1.29, 1.82) is 0 Å². The molecule has 1 aromatic rings. The van der Waals surface area contributed by atoms with E-state index < -0.39 is 17.8 Å². The molecule has 7 heteroatoms. The van der Waals surface area contributed by atoms with Crippen molar-refractivity contribution >= 4 is 29.3 Å². The molecule has 1 amide bonds. The first-order valence-corrected chi connectivity index (χ1v) is 7.80. The van der Waals surface area contributed by atoms with Crippen molar-refractivity contribution in [3.8, 4) is 0 Å². The van der Waals surface area contributed by atoms with Crippen LogP contribution in [0.15, 0.2) is 18.2 Å². The van der Waals surface area contributed by atoms with Gasteiger partial charge in [-0.25, -0.2) is 9.18 Å². The highest BCUT2D eigenvalue weighted by Gasteiger charge is 2.34. The predicted molar refractivity (Wildman–Crippen MR) is 79.6 cm³/mol. The number of halogens is 1. The lowest BCUT2D eigenvalue weighted by molar-refractivity contribution is -0.147. The third-order valence-corrected chi connectivity index (χ3v) is 4.22. The van der Waals surface area contributed by atoms with Gasteiger partial charge in [0.1, 0.15) is 11.9 Å². The van der Waals surface area contributed by atoms with Crippen LogP contribution in [0.4, 0.5) is 10.1 Å². The van der Waals surface area contributed by atoms with Gasteiger partial charge in [-0.05, 0) is 25.1 Å². The zero-order valence-corrected chi connectivity index (χ0v) is 12.5. The summed E-state index contributed by atoms with van der Waals surface area (Å²) in [7, 11) is 0. The number of benzene rings is 1. The van der Waals surface area contributed by atoms with Crippen molar-refractivity contribution in [2.45, 2.75) is 13.0 Å². The summed E-state index contributed by atoms with van der Waals surface area (Å²) in [5, 5.41) is 0. The number of esters is 1. The van der Waals surface area contributed by atoms with Crippen molar-refractivity contribution < 1.29 is 18.7 Å². The molecular formula is C14H17FN2O3S. The zero-order chi connectivity index (χ0) is 15.4. The highest BCUT2D eigenvalue weighted by Crippen LogP contribution is 2.21. The minimum absolute atomic E-state index is 0.0114. The molecule has 1 heterocycles. The van der Waals surface area contributed by atoms with E-state index >= 15 is 0 Å². The molecule has 0 saturated carbocycles. The number of hydrogen-bond donors (Lipinski definition) is 1. The summed E-state index contributed by atoms with van der Waals surface area (Å²) in [5.41, 5.74) is 5.58. The van der Waals surface area contributed by atoms with Crippen LogP contribution >= 0.6 is 11.8 Å². The van der Waals surface area contributed by atoms with Crippen LogP contribution in [-0.2, 0) is 9.53 Å². The minimum atomic E-state index is -0.639. The highest BCUT2D eigenvalue weighted by molar-refractivity contribution is 7.99. The maximum atomic E-state index is 13.5. The molecule has 0 radical (unpaired) electrons. The number of nitrogen functional groups attached to an aromatic ring is 1. The van der Waals surface area contributed by atoms with E-state index in [1.165, 1.54) is 17.0 Å². The van der Waals surface area contributed by atoms with Crippen LogP contribution in [0.3, 0.4) is 0 Å². The SMILES string of the molecule is CCOC(=O)C1CSCCN1C(=O)c1ccc(N)c(F)c1. The lowest BCUT2D eigenvalue weighted by atomic mass is 10.1. The van der Waals surface area contributed by atoms with Gasteiger partial charge in [0, 0.05) is 23.6 Å². The average Bonchev–Trinajstić information content (AvgIpc) is 2.49. The quantitative estimate of drug-likeness (QED) is 0.677. The standard InChI is InChI=1S/C14H17FN2O3S/c1-2-20-14(19)12-8-21-6-5-17(12)13(18)9-3-4-11(16)10(15)7-9/h3-4,7,12H,2,5-6,8,16H2,1H3. The van der Waals surface area contributed by atoms with Crippen LogP contribution in [0.25, 0.3) is 0 Å². The molecule has 1 aliphatic rings. The Hall–Kier alpha value is -1.76. The van der Waals surface area contributed by atoms with Gasteiger partial charge in [0.25, 0.3) is 5.91 Å². The van der Waals surface area contributed by atoms with Crippen LogP contribution in [0.2, 0.25) is 0 Å². The monoisotopic (exact) mass is 312 g/mol. The molecule has 1 fully saturated rings. The van der Waals surface area contributed by atoms with Crippen LogP contribution < -0.4 is 5.73 Å². The molecule has 5 nitrogen and oxygen atoms in total. The Labute approximate surface area is 126 Å². The Morgan fingerprint density at radius 1 is 1.52 bits per heavy atom. The molecule has 0 aromatic heterocycles. The number of carbonyl (C=O) groups is 2. The summed E-state index contributed by atoms with van der Waals surface area (Å²) in [4.78, 5) is 25.9. The number of rotatable bonds is 3. The van der Waals surface area contributed by atoms with Crippen molar-refractivity contribution in [3.05, 3.63) is 29.6 Å². The number of thioether (sulfide) groups is 1. The number of nitrogens with zero attached hydrogens (tertiary/aromatic N) is 1. The summed E-state index contributed by atoms with van der Waals surface area (Å²) in [5.74, 6) is -0.220. The molecular weight excluding hydrogens is 295 g/mol. The molecule has 0 aliphatic carbocycles. The molecule has 2 rings (SSSR count). The minimum Gasteiger partial charge on any atom is -0.464 e. The second kappa shape index (κ2) is 6.80. The molecule has 1 aliphatic heterocycles. The Bertz CT molecular complexity index is 553. The predicted octanol–water partition coefficient (Wildman–Crippen LogP) is 1.53. The first-order chi connectivity index (χ1) is 10.0. The van der Waals surface area contributed by atoms with E-state index in [9.17, 15) is 14.0 Å². The Balaban J connectivity index is 2.21. The average molecular weight is 312 g/mol. The molecule has 1 atom stereocenters. The smallest absolute Gasteiger partial charge is 0.329 e. The summed E-state index contributed by atoms with van der Waals surface area (Å²) in [6.45, 7) is 2.41. The molecule has 1 aromatic carbocycles. The fourth-order valence-electron chi connectivity index (χ4n) is 2.11. The largest absolute Gasteiger partial charge is 0.464 e. The molecule has 114 valence electrons. The fourth-order valence-corrected chi connectivity index (χ4v) is 3.14. The normalized spacial score (nSPS) is 18.4. The van der Waals surface area contributed by atoms with E-state index in [0.717, 1.165) is 11.8 Å². The van der Waals surface area contributed by atoms with E-state index in [2.05, 4.69) is 0 Å². The van der Waals surface area contributed by atoms with Crippen molar-refractivity contribution in [1.82, 2.24) is 4.90 Å². The Morgan fingerprint density at radius 3 is 2.95 bits per heavy atom. The lowest BCUT2D eigenvalue weighted by Crippen LogP contribution is -2.51. The summed E-state index contributed by atoms with van der Waals surface area (Å²) in [6.07, 6.45) is 0. The number of ether oxygens (including phenoxy) is 1. The molecule has 2 N–H and O–H groups in total. The molecule has 21 heavy (non-hydrogen) atoms. The highest BCUT2D eigenvalue weighted by atomic mass is 32.2. The maximum Gasteiger partial charge on any atom is 0.329 e. The number of hydrogen-bond acceptors (Lipinski definition) is 5. The molecule has 0 spiro atoms. The lowest BCUT2D eigenvalue weighted by Gasteiger charge is -2.33. The van der Waals surface area contributed by atoms with Gasteiger partial charge in [0.05, 0.1) is 12.3 Å². The first-order valence-electron chi connectivity index (χ1n) is 6.65. The van der Waals surface area contributed by atoms with Crippen molar-refractivity contribution in [3.63, 3.8) is 0 Å². The van der Waals surface area contributed by atoms with Crippen LogP contribution in [-0.4, -0.2) is 47.5 Å². The van der Waals surface area contributed by atoms with E-state index in [0.29, 0.717) is 12.3 Å². The van der Waals surface area contributed by atoms with Crippen LogP contribution in [0.5, 0.6) is 0 Å². The van der Waals surface area contributed by atoms with Gasteiger partial charge in [-0.2, -0.15) is 11.8 Å². The second-order valence-electron chi connectivity index (χ2n) is 4.58. The van der Waals surface area contributed by atoms with Gasteiger partial charge < -0.3 is 15.4 Å². The fraction of sp³-hybridized carbons (Fsp3) is 0.429. The number of nitrogens with two attached hydrogens (primary N) is 1. The van der Waals surface area contributed by atoms with Crippen molar-refractivity contribution in [2.75, 3.05) is 30.4 Å².